The lowest BCUT2D eigenvalue weighted by Gasteiger charge is -2.15. The lowest BCUT2D eigenvalue weighted by atomic mass is 10.1. The Balaban J connectivity index is 2.52. The molecule has 4 heteroatoms. The largest absolute Gasteiger partial charge is 0.394 e. The molecule has 4 nitrogen and oxygen atoms in total. The highest BCUT2D eigenvalue weighted by Gasteiger charge is 2.40. The first-order valence-corrected chi connectivity index (χ1v) is 3.24. The van der Waals surface area contributed by atoms with Crippen molar-refractivity contribution in [1.29, 1.82) is 0 Å². The second kappa shape index (κ2) is 2.47. The lowest BCUT2D eigenvalue weighted by molar-refractivity contribution is -0.185. The van der Waals surface area contributed by atoms with Gasteiger partial charge in [0, 0.05) is 6.42 Å². The number of ether oxygens (including phenoxy) is 1. The van der Waals surface area contributed by atoms with Crippen molar-refractivity contribution in [3.63, 3.8) is 0 Å². The molecule has 0 amide bonds. The molecule has 0 aromatic carbocycles. The molecule has 10 heavy (non-hydrogen) atoms. The smallest absolute Gasteiger partial charge is 0.165 e. The zero-order valence-corrected chi connectivity index (χ0v) is 5.82. The van der Waals surface area contributed by atoms with Crippen LogP contribution in [0.5, 0.6) is 0 Å². The van der Waals surface area contributed by atoms with Crippen molar-refractivity contribution in [3.05, 3.63) is 0 Å². The van der Waals surface area contributed by atoms with Crippen LogP contribution in [-0.4, -0.2) is 39.9 Å². The highest BCUT2D eigenvalue weighted by molar-refractivity contribution is 4.83. The summed E-state index contributed by atoms with van der Waals surface area (Å²) in [5, 5.41) is 26.8. The van der Waals surface area contributed by atoms with Crippen LogP contribution in [0.25, 0.3) is 0 Å². The molecule has 0 radical (unpaired) electrons. The van der Waals surface area contributed by atoms with E-state index in [0.29, 0.717) is 0 Å². The zero-order valence-electron chi connectivity index (χ0n) is 5.82. The number of rotatable bonds is 1. The molecule has 1 rings (SSSR count). The van der Waals surface area contributed by atoms with E-state index >= 15 is 0 Å². The number of aliphatic hydroxyl groups is 3. The van der Waals surface area contributed by atoms with Crippen LogP contribution in [0.2, 0.25) is 0 Å². The number of aliphatic hydroxyl groups excluding tert-OH is 2. The van der Waals surface area contributed by atoms with Gasteiger partial charge in [0.15, 0.2) is 5.79 Å². The SMILES string of the molecule is CC1(O)CC(O)[C@H](CO)O1. The molecule has 3 atom stereocenters. The molecule has 3 N–H and O–H groups in total. The summed E-state index contributed by atoms with van der Waals surface area (Å²) >= 11 is 0. The van der Waals surface area contributed by atoms with Crippen LogP contribution in [0, 0.1) is 0 Å². The van der Waals surface area contributed by atoms with E-state index in [1.807, 2.05) is 0 Å². The zero-order chi connectivity index (χ0) is 7.78. The van der Waals surface area contributed by atoms with Gasteiger partial charge in [-0.3, -0.25) is 0 Å². The van der Waals surface area contributed by atoms with Crippen molar-refractivity contribution >= 4 is 0 Å². The Bertz CT molecular complexity index is 123. The molecular formula is C6H12O4. The van der Waals surface area contributed by atoms with Gasteiger partial charge in [-0.25, -0.2) is 0 Å². The van der Waals surface area contributed by atoms with E-state index < -0.39 is 18.0 Å². The van der Waals surface area contributed by atoms with Crippen LogP contribution < -0.4 is 0 Å². The molecule has 0 aromatic rings. The van der Waals surface area contributed by atoms with E-state index in [1.165, 1.54) is 6.92 Å². The molecule has 0 aromatic heterocycles. The summed E-state index contributed by atoms with van der Waals surface area (Å²) < 4.78 is 4.87. The van der Waals surface area contributed by atoms with Gasteiger partial charge in [0.05, 0.1) is 12.7 Å². The maximum atomic E-state index is 9.17. The number of hydrogen-bond donors (Lipinski definition) is 3. The second-order valence-electron chi connectivity index (χ2n) is 2.79. The standard InChI is InChI=1S/C6H12O4/c1-6(9)2-4(8)5(3-7)10-6/h4-5,7-9H,2-3H2,1H3/t4?,5-,6?/m0/s1. The van der Waals surface area contributed by atoms with Crippen molar-refractivity contribution in [1.82, 2.24) is 0 Å². The van der Waals surface area contributed by atoms with Gasteiger partial charge in [0.2, 0.25) is 0 Å². The first-order chi connectivity index (χ1) is 4.55. The van der Waals surface area contributed by atoms with Crippen LogP contribution >= 0.6 is 0 Å². The average molecular weight is 148 g/mol. The Labute approximate surface area is 59.1 Å². The first-order valence-electron chi connectivity index (χ1n) is 3.24. The quantitative estimate of drug-likeness (QED) is 0.438. The van der Waals surface area contributed by atoms with Crippen molar-refractivity contribution in [2.45, 2.75) is 31.3 Å². The van der Waals surface area contributed by atoms with Gasteiger partial charge in [-0.15, -0.1) is 0 Å². The fourth-order valence-corrected chi connectivity index (χ4v) is 1.13. The molecule has 0 saturated carbocycles. The Morgan fingerprint density at radius 3 is 2.50 bits per heavy atom. The van der Waals surface area contributed by atoms with Crippen LogP contribution in [0.4, 0.5) is 0 Å². The van der Waals surface area contributed by atoms with Crippen molar-refractivity contribution in [2.75, 3.05) is 6.61 Å². The molecule has 0 spiro atoms. The Morgan fingerprint density at radius 2 is 2.30 bits per heavy atom. The maximum absolute atomic E-state index is 9.17. The molecule has 1 saturated heterocycles. The summed E-state index contributed by atoms with van der Waals surface area (Å²) in [6.07, 6.45) is -1.21. The molecule has 1 fully saturated rings. The van der Waals surface area contributed by atoms with E-state index in [4.69, 9.17) is 14.9 Å². The third-order valence-corrected chi connectivity index (χ3v) is 1.60. The van der Waals surface area contributed by atoms with Gasteiger partial charge in [-0.2, -0.15) is 0 Å². The molecule has 0 aliphatic carbocycles. The first kappa shape index (κ1) is 7.94. The van der Waals surface area contributed by atoms with Gasteiger partial charge in [-0.05, 0) is 6.92 Å². The summed E-state index contributed by atoms with van der Waals surface area (Å²) in [5.41, 5.74) is 0. The van der Waals surface area contributed by atoms with E-state index in [1.54, 1.807) is 0 Å². The maximum Gasteiger partial charge on any atom is 0.165 e. The summed E-state index contributed by atoms with van der Waals surface area (Å²) in [6, 6.07) is 0. The molecule has 1 aliphatic heterocycles. The van der Waals surface area contributed by atoms with Crippen molar-refractivity contribution < 1.29 is 20.1 Å². The fraction of sp³-hybridized carbons (Fsp3) is 1.00. The molecule has 60 valence electrons. The predicted molar refractivity (Wildman–Crippen MR) is 33.2 cm³/mol. The molecule has 0 bridgehead atoms. The van der Waals surface area contributed by atoms with Crippen LogP contribution in [0.1, 0.15) is 13.3 Å². The van der Waals surface area contributed by atoms with Crippen molar-refractivity contribution in [2.24, 2.45) is 0 Å². The van der Waals surface area contributed by atoms with Gasteiger partial charge >= 0.3 is 0 Å². The van der Waals surface area contributed by atoms with Crippen LogP contribution in [-0.2, 0) is 4.74 Å². The Morgan fingerprint density at radius 1 is 1.70 bits per heavy atom. The summed E-state index contributed by atoms with van der Waals surface area (Å²) in [6.45, 7) is 1.21. The summed E-state index contributed by atoms with van der Waals surface area (Å²) in [7, 11) is 0. The normalized spacial score (nSPS) is 48.0. The van der Waals surface area contributed by atoms with Crippen LogP contribution in [0.3, 0.4) is 0 Å². The summed E-state index contributed by atoms with van der Waals surface area (Å²) in [5.74, 6) is -1.27. The van der Waals surface area contributed by atoms with Crippen molar-refractivity contribution in [3.8, 4) is 0 Å². The predicted octanol–water partition coefficient (Wildman–Crippen LogP) is -1.16. The minimum atomic E-state index is -1.27. The highest BCUT2D eigenvalue weighted by atomic mass is 16.6. The molecule has 1 heterocycles. The monoisotopic (exact) mass is 148 g/mol. The fourth-order valence-electron chi connectivity index (χ4n) is 1.13. The van der Waals surface area contributed by atoms with Gasteiger partial charge in [0.25, 0.3) is 0 Å². The van der Waals surface area contributed by atoms with E-state index in [-0.39, 0.29) is 13.0 Å². The van der Waals surface area contributed by atoms with E-state index in [2.05, 4.69) is 0 Å². The number of hydrogen-bond acceptors (Lipinski definition) is 4. The van der Waals surface area contributed by atoms with E-state index in [0.717, 1.165) is 0 Å². The second-order valence-corrected chi connectivity index (χ2v) is 2.79. The minimum absolute atomic E-state index is 0.165. The third-order valence-electron chi connectivity index (χ3n) is 1.60. The lowest BCUT2D eigenvalue weighted by Crippen LogP contribution is -2.26. The van der Waals surface area contributed by atoms with Gasteiger partial charge < -0.3 is 20.1 Å². The topological polar surface area (TPSA) is 69.9 Å². The third kappa shape index (κ3) is 1.46. The van der Waals surface area contributed by atoms with Gasteiger partial charge in [-0.1, -0.05) is 0 Å². The Kier molecular flexibility index (Phi) is 1.96. The molecular weight excluding hydrogens is 136 g/mol. The van der Waals surface area contributed by atoms with Gasteiger partial charge in [0.1, 0.15) is 6.10 Å². The van der Waals surface area contributed by atoms with E-state index in [9.17, 15) is 5.11 Å². The highest BCUT2D eigenvalue weighted by Crippen LogP contribution is 2.27. The van der Waals surface area contributed by atoms with Crippen LogP contribution in [0.15, 0.2) is 0 Å². The Hall–Kier alpha value is -0.160. The minimum Gasteiger partial charge on any atom is -0.394 e. The molecule has 2 unspecified atom stereocenters. The summed E-state index contributed by atoms with van der Waals surface area (Å²) in [4.78, 5) is 0. The molecule has 1 aliphatic rings. The average Bonchev–Trinajstić information content (AvgIpc) is 2.05.